The summed E-state index contributed by atoms with van der Waals surface area (Å²) in [5.41, 5.74) is 5.92. The fourth-order valence-corrected chi connectivity index (χ4v) is 5.00. The van der Waals surface area contributed by atoms with Gasteiger partial charge in [0.25, 0.3) is 0 Å². The van der Waals surface area contributed by atoms with Crippen molar-refractivity contribution < 1.29 is 0 Å². The first kappa shape index (κ1) is 14.3. The summed E-state index contributed by atoms with van der Waals surface area (Å²) in [6.07, 6.45) is 6.16. The molecule has 0 aromatic carbocycles. The third-order valence-corrected chi connectivity index (χ3v) is 6.17. The van der Waals surface area contributed by atoms with E-state index in [1.54, 1.807) is 11.5 Å². The van der Waals surface area contributed by atoms with Crippen LogP contribution in [0, 0.1) is 11.8 Å². The van der Waals surface area contributed by atoms with E-state index in [4.69, 9.17) is 5.73 Å². The molecule has 1 aliphatic rings. The van der Waals surface area contributed by atoms with Crippen LogP contribution in [0.1, 0.15) is 45.4 Å². The molecular formula is C13H23N3S2. The molecule has 102 valence electrons. The maximum Gasteiger partial charge on any atom is 0.170 e. The summed E-state index contributed by atoms with van der Waals surface area (Å²) in [6, 6.07) is 0. The third-order valence-electron chi connectivity index (χ3n) is 3.94. The number of hydrogen-bond acceptors (Lipinski definition) is 5. The average Bonchev–Trinajstić information content (AvgIpc) is 2.86. The van der Waals surface area contributed by atoms with E-state index in [2.05, 4.69) is 23.2 Å². The maximum atomic E-state index is 5.92. The lowest BCUT2D eigenvalue weighted by molar-refractivity contribution is 0.284. The Bertz CT molecular complexity index is 367. The van der Waals surface area contributed by atoms with Crippen molar-refractivity contribution >= 4 is 23.3 Å². The van der Waals surface area contributed by atoms with Crippen LogP contribution in [0.15, 0.2) is 4.34 Å². The Hall–Kier alpha value is -0.130. The van der Waals surface area contributed by atoms with Gasteiger partial charge in [-0.05, 0) is 42.8 Å². The van der Waals surface area contributed by atoms with Gasteiger partial charge in [0.15, 0.2) is 4.34 Å². The van der Waals surface area contributed by atoms with Crippen molar-refractivity contribution in [1.29, 1.82) is 0 Å². The van der Waals surface area contributed by atoms with Crippen molar-refractivity contribution in [2.75, 3.05) is 6.54 Å². The Balaban J connectivity index is 1.99. The second-order valence-corrected chi connectivity index (χ2v) is 7.31. The molecule has 3 unspecified atom stereocenters. The minimum absolute atomic E-state index is 0.645. The molecule has 0 radical (unpaired) electrons. The zero-order chi connectivity index (χ0) is 13.0. The van der Waals surface area contributed by atoms with Crippen molar-refractivity contribution in [2.24, 2.45) is 17.6 Å². The topological polar surface area (TPSA) is 51.8 Å². The van der Waals surface area contributed by atoms with Crippen molar-refractivity contribution in [2.45, 2.75) is 55.5 Å². The second-order valence-electron chi connectivity index (χ2n) is 5.07. The van der Waals surface area contributed by atoms with Crippen LogP contribution >= 0.6 is 23.3 Å². The lowest BCUT2D eigenvalue weighted by Crippen LogP contribution is -2.32. The van der Waals surface area contributed by atoms with Crippen LogP contribution < -0.4 is 5.73 Å². The maximum absolute atomic E-state index is 5.92. The largest absolute Gasteiger partial charge is 0.330 e. The van der Waals surface area contributed by atoms with Gasteiger partial charge in [0.05, 0.1) is 0 Å². The Morgan fingerprint density at radius 1 is 1.39 bits per heavy atom. The van der Waals surface area contributed by atoms with Crippen LogP contribution in [0.2, 0.25) is 0 Å². The summed E-state index contributed by atoms with van der Waals surface area (Å²) in [4.78, 5) is 4.57. The monoisotopic (exact) mass is 285 g/mol. The fraction of sp³-hybridized carbons (Fsp3) is 0.846. The van der Waals surface area contributed by atoms with Gasteiger partial charge in [-0.15, -0.1) is 0 Å². The van der Waals surface area contributed by atoms with Crippen molar-refractivity contribution in [3.63, 3.8) is 0 Å². The van der Waals surface area contributed by atoms with Crippen LogP contribution in [0.25, 0.3) is 0 Å². The van der Waals surface area contributed by atoms with E-state index < -0.39 is 0 Å². The van der Waals surface area contributed by atoms with Crippen molar-refractivity contribution in [1.82, 2.24) is 9.36 Å². The van der Waals surface area contributed by atoms with Crippen LogP contribution in [0.5, 0.6) is 0 Å². The van der Waals surface area contributed by atoms with E-state index in [0.717, 1.165) is 29.0 Å². The number of nitrogens with two attached hydrogens (primary N) is 1. The molecule has 1 aliphatic carbocycles. The Labute approximate surface area is 118 Å². The molecule has 1 aromatic rings. The summed E-state index contributed by atoms with van der Waals surface area (Å²) in [5.74, 6) is 2.52. The number of aryl methyl sites for hydroxylation is 1. The molecular weight excluding hydrogens is 262 g/mol. The molecule has 18 heavy (non-hydrogen) atoms. The summed E-state index contributed by atoms with van der Waals surface area (Å²) in [5, 5.41) is 0.645. The normalized spacial score (nSPS) is 28.5. The van der Waals surface area contributed by atoms with Gasteiger partial charge >= 0.3 is 0 Å². The van der Waals surface area contributed by atoms with E-state index >= 15 is 0 Å². The fourth-order valence-electron chi connectivity index (χ4n) is 2.62. The molecule has 2 rings (SSSR count). The standard InChI is InChI=1S/C13H23N3S2/c1-3-9-5-6-10(8-14)11(7-9)17-13-15-12(4-2)16-18-13/h9-11H,3-8,14H2,1-2H3. The van der Waals surface area contributed by atoms with Gasteiger partial charge in [0.2, 0.25) is 0 Å². The smallest absolute Gasteiger partial charge is 0.170 e. The first-order valence-corrected chi connectivity index (χ1v) is 8.61. The molecule has 0 saturated heterocycles. The van der Waals surface area contributed by atoms with Gasteiger partial charge in [-0.2, -0.15) is 4.37 Å². The molecule has 0 spiro atoms. The molecule has 1 fully saturated rings. The Morgan fingerprint density at radius 2 is 2.22 bits per heavy atom. The highest BCUT2D eigenvalue weighted by Gasteiger charge is 2.30. The van der Waals surface area contributed by atoms with E-state index in [1.165, 1.54) is 25.7 Å². The molecule has 2 N–H and O–H groups in total. The van der Waals surface area contributed by atoms with Gasteiger partial charge < -0.3 is 5.73 Å². The summed E-state index contributed by atoms with van der Waals surface area (Å²) in [7, 11) is 0. The summed E-state index contributed by atoms with van der Waals surface area (Å²) >= 11 is 3.47. The number of aromatic nitrogens is 2. The molecule has 0 aliphatic heterocycles. The molecule has 1 aromatic heterocycles. The molecule has 1 heterocycles. The third kappa shape index (κ3) is 3.45. The number of nitrogens with zero attached hydrogens (tertiary/aromatic N) is 2. The van der Waals surface area contributed by atoms with Gasteiger partial charge in [0, 0.05) is 11.7 Å². The Kier molecular flexibility index (Phi) is 5.45. The van der Waals surface area contributed by atoms with Gasteiger partial charge in [-0.3, -0.25) is 0 Å². The van der Waals surface area contributed by atoms with Crippen LogP contribution in [-0.2, 0) is 6.42 Å². The number of thioether (sulfide) groups is 1. The summed E-state index contributed by atoms with van der Waals surface area (Å²) < 4.78 is 5.50. The van der Waals surface area contributed by atoms with Crippen molar-refractivity contribution in [3.8, 4) is 0 Å². The molecule has 5 heteroatoms. The SMILES string of the molecule is CCc1nsc(SC2CC(CC)CCC2CN)n1. The van der Waals surface area contributed by atoms with Gasteiger partial charge in [0.1, 0.15) is 5.82 Å². The minimum Gasteiger partial charge on any atom is -0.330 e. The highest BCUT2D eigenvalue weighted by atomic mass is 32.2. The summed E-state index contributed by atoms with van der Waals surface area (Å²) in [6.45, 7) is 5.22. The first-order valence-electron chi connectivity index (χ1n) is 6.96. The van der Waals surface area contributed by atoms with E-state index in [-0.39, 0.29) is 0 Å². The lowest BCUT2D eigenvalue weighted by atomic mass is 9.80. The molecule has 1 saturated carbocycles. The molecule has 3 atom stereocenters. The van der Waals surface area contributed by atoms with Crippen LogP contribution in [0.3, 0.4) is 0 Å². The minimum atomic E-state index is 0.645. The number of rotatable bonds is 5. The van der Waals surface area contributed by atoms with Gasteiger partial charge in [-0.1, -0.05) is 38.5 Å². The Morgan fingerprint density at radius 3 is 2.83 bits per heavy atom. The molecule has 0 bridgehead atoms. The molecule has 3 nitrogen and oxygen atoms in total. The van der Waals surface area contributed by atoms with Gasteiger partial charge in [-0.25, -0.2) is 4.98 Å². The molecule has 0 amide bonds. The number of hydrogen-bond donors (Lipinski definition) is 1. The van der Waals surface area contributed by atoms with E-state index in [9.17, 15) is 0 Å². The van der Waals surface area contributed by atoms with E-state index in [0.29, 0.717) is 11.2 Å². The van der Waals surface area contributed by atoms with Crippen LogP contribution in [-0.4, -0.2) is 21.2 Å². The highest BCUT2D eigenvalue weighted by molar-refractivity contribution is 8.01. The predicted molar refractivity (Wildman–Crippen MR) is 79.1 cm³/mol. The van der Waals surface area contributed by atoms with E-state index in [1.807, 2.05) is 11.8 Å². The first-order chi connectivity index (χ1) is 8.76. The average molecular weight is 285 g/mol. The highest BCUT2D eigenvalue weighted by Crippen LogP contribution is 2.40. The van der Waals surface area contributed by atoms with Crippen LogP contribution in [0.4, 0.5) is 0 Å². The lowest BCUT2D eigenvalue weighted by Gasteiger charge is -2.34. The quantitative estimate of drug-likeness (QED) is 0.901. The van der Waals surface area contributed by atoms with Crippen molar-refractivity contribution in [3.05, 3.63) is 5.82 Å². The zero-order valence-electron chi connectivity index (χ0n) is 11.3. The second kappa shape index (κ2) is 6.87. The predicted octanol–water partition coefficient (Wildman–Crippen LogP) is 3.35. The zero-order valence-corrected chi connectivity index (χ0v) is 12.9.